The molecule has 8 nitrogen and oxygen atoms in total. The molecule has 2 rings (SSSR count). The van der Waals surface area contributed by atoms with Gasteiger partial charge in [0.15, 0.2) is 5.69 Å². The molecule has 2 heterocycles. The first kappa shape index (κ1) is 12.2. The molecule has 1 saturated heterocycles. The van der Waals surface area contributed by atoms with Crippen LogP contribution in [-0.4, -0.2) is 51.3 Å². The maximum atomic E-state index is 11.4. The van der Waals surface area contributed by atoms with Crippen molar-refractivity contribution in [2.45, 2.75) is 19.4 Å². The van der Waals surface area contributed by atoms with Gasteiger partial charge < -0.3 is 4.74 Å². The minimum absolute atomic E-state index is 0.0941. The molecule has 1 aliphatic rings. The summed E-state index contributed by atoms with van der Waals surface area (Å²) < 4.78 is 5.88. The second kappa shape index (κ2) is 4.94. The zero-order chi connectivity index (χ0) is 13.1. The molecule has 0 radical (unpaired) electrons. The number of esters is 1. The number of carbonyl (C=O) groups is 3. The summed E-state index contributed by atoms with van der Waals surface area (Å²) in [7, 11) is 1.25. The zero-order valence-corrected chi connectivity index (χ0v) is 9.83. The Hall–Kier alpha value is -2.25. The lowest BCUT2D eigenvalue weighted by Gasteiger charge is -2.12. The number of hydrogen-bond acceptors (Lipinski definition) is 6. The molecule has 1 aromatic heterocycles. The van der Waals surface area contributed by atoms with Gasteiger partial charge in [0, 0.05) is 19.4 Å². The van der Waals surface area contributed by atoms with Crippen LogP contribution >= 0.6 is 0 Å². The summed E-state index contributed by atoms with van der Waals surface area (Å²) in [5.74, 6) is -0.920. The van der Waals surface area contributed by atoms with E-state index >= 15 is 0 Å². The fraction of sp³-hybridized carbons (Fsp3) is 0.500. The number of methoxy groups -OCH3 is 1. The summed E-state index contributed by atoms with van der Waals surface area (Å²) in [6.45, 7) is 0.545. The van der Waals surface area contributed by atoms with Gasteiger partial charge in [-0.3, -0.25) is 14.5 Å². The molecule has 0 aliphatic carbocycles. The fourth-order valence-electron chi connectivity index (χ4n) is 1.68. The van der Waals surface area contributed by atoms with Crippen LogP contribution in [-0.2, 0) is 20.9 Å². The highest BCUT2D eigenvalue weighted by molar-refractivity contribution is 6.01. The maximum absolute atomic E-state index is 11.4. The van der Waals surface area contributed by atoms with Crippen molar-refractivity contribution in [3.05, 3.63) is 11.9 Å². The Labute approximate surface area is 102 Å². The molecule has 0 bridgehead atoms. The first-order chi connectivity index (χ1) is 8.61. The third-order valence-corrected chi connectivity index (χ3v) is 2.64. The SMILES string of the molecule is COC(=O)c1cn(CCN2C(=O)CCC2=O)nn1. The van der Waals surface area contributed by atoms with E-state index in [1.54, 1.807) is 0 Å². The van der Waals surface area contributed by atoms with E-state index in [2.05, 4.69) is 15.0 Å². The molecule has 0 spiro atoms. The van der Waals surface area contributed by atoms with Crippen molar-refractivity contribution in [1.29, 1.82) is 0 Å². The molecule has 1 aliphatic heterocycles. The Morgan fingerprint density at radius 1 is 1.33 bits per heavy atom. The van der Waals surface area contributed by atoms with Crippen molar-refractivity contribution < 1.29 is 19.1 Å². The van der Waals surface area contributed by atoms with Crippen molar-refractivity contribution in [1.82, 2.24) is 19.9 Å². The predicted octanol–water partition coefficient (Wildman–Crippen LogP) is -0.786. The van der Waals surface area contributed by atoms with E-state index in [0.717, 1.165) is 0 Å². The van der Waals surface area contributed by atoms with E-state index in [1.807, 2.05) is 0 Å². The second-order valence-electron chi connectivity index (χ2n) is 3.80. The first-order valence-corrected chi connectivity index (χ1v) is 5.43. The Kier molecular flexibility index (Phi) is 3.35. The molecule has 18 heavy (non-hydrogen) atoms. The molecule has 1 fully saturated rings. The molecular formula is C10H12N4O4. The summed E-state index contributed by atoms with van der Waals surface area (Å²) in [6.07, 6.45) is 1.95. The van der Waals surface area contributed by atoms with Crippen molar-refractivity contribution in [3.8, 4) is 0 Å². The summed E-state index contributed by atoms with van der Waals surface area (Å²) in [5, 5.41) is 7.33. The van der Waals surface area contributed by atoms with Gasteiger partial charge in [0.2, 0.25) is 11.8 Å². The van der Waals surface area contributed by atoms with Crippen molar-refractivity contribution in [2.75, 3.05) is 13.7 Å². The molecule has 8 heteroatoms. The minimum atomic E-state index is -0.574. The number of likely N-dealkylation sites (tertiary alicyclic amines) is 1. The number of ether oxygens (including phenoxy) is 1. The van der Waals surface area contributed by atoms with Gasteiger partial charge in [-0.1, -0.05) is 5.21 Å². The van der Waals surface area contributed by atoms with Crippen LogP contribution in [0.4, 0.5) is 0 Å². The van der Waals surface area contributed by atoms with E-state index in [-0.39, 0.29) is 36.9 Å². The number of amides is 2. The van der Waals surface area contributed by atoms with Crippen LogP contribution in [0.2, 0.25) is 0 Å². The molecule has 0 N–H and O–H groups in total. The number of hydrogen-bond donors (Lipinski definition) is 0. The van der Waals surface area contributed by atoms with Crippen molar-refractivity contribution >= 4 is 17.8 Å². The highest BCUT2D eigenvalue weighted by Crippen LogP contribution is 2.11. The van der Waals surface area contributed by atoms with E-state index in [1.165, 1.54) is 22.9 Å². The van der Waals surface area contributed by atoms with E-state index in [0.29, 0.717) is 6.54 Å². The van der Waals surface area contributed by atoms with Gasteiger partial charge in [-0.25, -0.2) is 9.48 Å². The van der Waals surface area contributed by atoms with Crippen molar-refractivity contribution in [2.24, 2.45) is 0 Å². The predicted molar refractivity (Wildman–Crippen MR) is 57.3 cm³/mol. The third-order valence-electron chi connectivity index (χ3n) is 2.64. The standard InChI is InChI=1S/C10H12N4O4/c1-18-10(17)7-6-13(12-11-7)4-5-14-8(15)2-3-9(14)16/h6H,2-5H2,1H3. The van der Waals surface area contributed by atoms with Crippen LogP contribution in [0.1, 0.15) is 23.3 Å². The number of rotatable bonds is 4. The van der Waals surface area contributed by atoms with Crippen molar-refractivity contribution in [3.63, 3.8) is 0 Å². The van der Waals surface area contributed by atoms with Crippen LogP contribution in [0.5, 0.6) is 0 Å². The number of imide groups is 1. The third kappa shape index (κ3) is 2.36. The highest BCUT2D eigenvalue weighted by atomic mass is 16.5. The van der Waals surface area contributed by atoms with Gasteiger partial charge >= 0.3 is 5.97 Å². The smallest absolute Gasteiger partial charge is 0.360 e. The average Bonchev–Trinajstić information content (AvgIpc) is 2.95. The van der Waals surface area contributed by atoms with Crippen LogP contribution < -0.4 is 0 Å². The average molecular weight is 252 g/mol. The van der Waals surface area contributed by atoms with Gasteiger partial charge in [0.1, 0.15) is 0 Å². The van der Waals surface area contributed by atoms with Crippen LogP contribution in [0.3, 0.4) is 0 Å². The van der Waals surface area contributed by atoms with Crippen LogP contribution in [0, 0.1) is 0 Å². The number of nitrogens with zero attached hydrogens (tertiary/aromatic N) is 4. The molecule has 1 aromatic rings. The highest BCUT2D eigenvalue weighted by Gasteiger charge is 2.28. The Morgan fingerprint density at radius 3 is 2.61 bits per heavy atom. The summed E-state index contributed by atoms with van der Waals surface area (Å²) in [4.78, 5) is 35.0. The summed E-state index contributed by atoms with van der Waals surface area (Å²) in [6, 6.07) is 0. The number of carbonyl (C=O) groups excluding carboxylic acids is 3. The van der Waals surface area contributed by atoms with Gasteiger partial charge in [0.05, 0.1) is 19.9 Å². The van der Waals surface area contributed by atoms with Gasteiger partial charge in [-0.05, 0) is 0 Å². The Bertz CT molecular complexity index is 480. The first-order valence-electron chi connectivity index (χ1n) is 5.43. The maximum Gasteiger partial charge on any atom is 0.360 e. The lowest BCUT2D eigenvalue weighted by molar-refractivity contribution is -0.138. The quantitative estimate of drug-likeness (QED) is 0.515. The van der Waals surface area contributed by atoms with Crippen LogP contribution in [0.15, 0.2) is 6.20 Å². The molecule has 0 saturated carbocycles. The largest absolute Gasteiger partial charge is 0.464 e. The molecule has 0 atom stereocenters. The Morgan fingerprint density at radius 2 is 2.00 bits per heavy atom. The van der Waals surface area contributed by atoms with E-state index in [4.69, 9.17) is 0 Å². The monoisotopic (exact) mass is 252 g/mol. The van der Waals surface area contributed by atoms with E-state index in [9.17, 15) is 14.4 Å². The van der Waals surface area contributed by atoms with E-state index < -0.39 is 5.97 Å². The molecule has 2 amide bonds. The van der Waals surface area contributed by atoms with Crippen LogP contribution in [0.25, 0.3) is 0 Å². The minimum Gasteiger partial charge on any atom is -0.464 e. The second-order valence-corrected chi connectivity index (χ2v) is 3.80. The zero-order valence-electron chi connectivity index (χ0n) is 9.83. The number of aromatic nitrogens is 3. The fourth-order valence-corrected chi connectivity index (χ4v) is 1.68. The normalized spacial score (nSPS) is 15.3. The molecule has 0 unspecified atom stereocenters. The lowest BCUT2D eigenvalue weighted by Crippen LogP contribution is -2.32. The summed E-state index contributed by atoms with van der Waals surface area (Å²) >= 11 is 0. The summed E-state index contributed by atoms with van der Waals surface area (Å²) in [5.41, 5.74) is 0.0941. The molecule has 96 valence electrons. The van der Waals surface area contributed by atoms with Gasteiger partial charge in [-0.2, -0.15) is 0 Å². The topological polar surface area (TPSA) is 94.4 Å². The molecule has 0 aromatic carbocycles. The van der Waals surface area contributed by atoms with Gasteiger partial charge in [-0.15, -0.1) is 5.10 Å². The molecular weight excluding hydrogens is 240 g/mol. The lowest BCUT2D eigenvalue weighted by atomic mass is 10.4. The van der Waals surface area contributed by atoms with Gasteiger partial charge in [0.25, 0.3) is 0 Å². The Balaban J connectivity index is 1.94.